The number of hydrogen-bond acceptors (Lipinski definition) is 4. The Labute approximate surface area is 173 Å². The minimum absolute atomic E-state index is 0.240. The first-order valence-electron chi connectivity index (χ1n) is 9.28. The Balaban J connectivity index is 1.49. The Morgan fingerprint density at radius 1 is 0.897 bits per heavy atom. The summed E-state index contributed by atoms with van der Waals surface area (Å²) in [7, 11) is 0. The van der Waals surface area contributed by atoms with Gasteiger partial charge >= 0.3 is 6.03 Å². The van der Waals surface area contributed by atoms with Gasteiger partial charge in [0.15, 0.2) is 0 Å². The van der Waals surface area contributed by atoms with Gasteiger partial charge in [0.25, 0.3) is 0 Å². The van der Waals surface area contributed by atoms with Gasteiger partial charge in [-0.2, -0.15) is 11.3 Å². The molecule has 0 saturated carbocycles. The molecular weight excluding hydrogens is 380 g/mol. The van der Waals surface area contributed by atoms with Crippen LogP contribution >= 0.6 is 11.3 Å². The molecule has 0 aliphatic rings. The molecule has 2 aromatic carbocycles. The van der Waals surface area contributed by atoms with Crippen molar-refractivity contribution >= 4 is 17.4 Å². The highest BCUT2D eigenvalue weighted by molar-refractivity contribution is 7.08. The van der Waals surface area contributed by atoms with E-state index in [1.165, 1.54) is 0 Å². The van der Waals surface area contributed by atoms with Crippen molar-refractivity contribution in [3.63, 3.8) is 0 Å². The van der Waals surface area contributed by atoms with E-state index in [0.717, 1.165) is 28.1 Å². The first kappa shape index (κ1) is 18.8. The monoisotopic (exact) mass is 400 g/mol. The Morgan fingerprint density at radius 2 is 1.55 bits per heavy atom. The summed E-state index contributed by atoms with van der Waals surface area (Å²) in [5, 5.41) is 10.0. The van der Waals surface area contributed by atoms with E-state index in [1.807, 2.05) is 77.5 Å². The average Bonchev–Trinajstić information content (AvgIpc) is 3.32. The summed E-state index contributed by atoms with van der Waals surface area (Å²) in [6.45, 7) is 0.293. The van der Waals surface area contributed by atoms with Gasteiger partial charge in [0.05, 0.1) is 24.0 Å². The number of aromatic nitrogens is 2. The van der Waals surface area contributed by atoms with Gasteiger partial charge in [0.2, 0.25) is 0 Å². The average molecular weight is 401 g/mol. The van der Waals surface area contributed by atoms with Crippen LogP contribution in [0.25, 0.3) is 11.3 Å². The third kappa shape index (κ3) is 4.67. The number of urea groups is 1. The molecule has 0 spiro atoms. The fourth-order valence-corrected chi connectivity index (χ4v) is 3.77. The molecule has 0 radical (unpaired) electrons. The van der Waals surface area contributed by atoms with Gasteiger partial charge in [-0.15, -0.1) is 0 Å². The first-order chi connectivity index (χ1) is 14.3. The van der Waals surface area contributed by atoms with Crippen LogP contribution in [0.15, 0.2) is 89.9 Å². The summed E-state index contributed by atoms with van der Waals surface area (Å²) in [4.78, 5) is 21.5. The molecule has 2 heterocycles. The molecule has 0 atom stereocenters. The number of rotatable bonds is 6. The number of amides is 2. The Hall–Kier alpha value is -3.51. The lowest BCUT2D eigenvalue weighted by Gasteiger charge is -2.20. The number of benzene rings is 2. The van der Waals surface area contributed by atoms with E-state index >= 15 is 0 Å². The molecule has 29 heavy (non-hydrogen) atoms. The third-order valence-corrected chi connectivity index (χ3v) is 5.21. The zero-order valence-corrected chi connectivity index (χ0v) is 16.5. The lowest BCUT2D eigenvalue weighted by molar-refractivity contribution is 0.238. The molecule has 0 saturated heterocycles. The summed E-state index contributed by atoms with van der Waals surface area (Å²) >= 11 is 1.60. The quantitative estimate of drug-likeness (QED) is 0.489. The van der Waals surface area contributed by atoms with Crippen molar-refractivity contribution in [3.05, 3.63) is 107 Å². The van der Waals surface area contributed by atoms with Crippen molar-refractivity contribution in [1.29, 1.82) is 0 Å². The summed E-state index contributed by atoms with van der Waals surface area (Å²) in [6, 6.07) is 21.3. The Morgan fingerprint density at radius 3 is 2.17 bits per heavy atom. The Kier molecular flexibility index (Phi) is 5.92. The van der Waals surface area contributed by atoms with E-state index in [4.69, 9.17) is 0 Å². The van der Waals surface area contributed by atoms with E-state index in [2.05, 4.69) is 20.6 Å². The lowest BCUT2D eigenvalue weighted by Crippen LogP contribution is -2.38. The topological polar surface area (TPSA) is 66.9 Å². The predicted molar refractivity (Wildman–Crippen MR) is 115 cm³/mol. The van der Waals surface area contributed by atoms with E-state index in [9.17, 15) is 4.79 Å². The van der Waals surface area contributed by atoms with E-state index < -0.39 is 0 Å². The van der Waals surface area contributed by atoms with Gasteiger partial charge in [0.1, 0.15) is 0 Å². The molecule has 2 amide bonds. The van der Waals surface area contributed by atoms with Crippen LogP contribution in [0, 0.1) is 0 Å². The second-order valence-corrected chi connectivity index (χ2v) is 7.23. The van der Waals surface area contributed by atoms with Crippen LogP contribution < -0.4 is 10.6 Å². The highest BCUT2D eigenvalue weighted by atomic mass is 32.1. The van der Waals surface area contributed by atoms with Crippen molar-refractivity contribution < 1.29 is 4.79 Å². The van der Waals surface area contributed by atoms with Crippen molar-refractivity contribution in [2.75, 3.05) is 0 Å². The molecule has 2 N–H and O–H groups in total. The minimum atomic E-state index is -0.260. The largest absolute Gasteiger partial charge is 0.332 e. The van der Waals surface area contributed by atoms with Crippen LogP contribution in [0.5, 0.6) is 0 Å². The van der Waals surface area contributed by atoms with E-state index in [1.54, 1.807) is 23.7 Å². The lowest BCUT2D eigenvalue weighted by atomic mass is 9.99. The molecule has 4 aromatic rings. The number of carbonyl (C=O) groups excluding carboxylic acids is 1. The molecule has 0 fully saturated rings. The maximum Gasteiger partial charge on any atom is 0.315 e. The Bertz CT molecular complexity index is 1010. The highest BCUT2D eigenvalue weighted by Gasteiger charge is 2.17. The molecule has 0 aliphatic carbocycles. The summed E-state index contributed by atoms with van der Waals surface area (Å²) in [6.07, 6.45) is 3.30. The van der Waals surface area contributed by atoms with Crippen LogP contribution in [0.3, 0.4) is 0 Å². The van der Waals surface area contributed by atoms with E-state index in [-0.39, 0.29) is 12.1 Å². The molecule has 0 unspecified atom stereocenters. The molecule has 5 nitrogen and oxygen atoms in total. The van der Waals surface area contributed by atoms with Crippen LogP contribution in [-0.2, 0) is 6.54 Å². The number of nitrogens with one attached hydrogen (secondary N) is 2. The van der Waals surface area contributed by atoms with Crippen molar-refractivity contribution in [2.45, 2.75) is 12.6 Å². The van der Waals surface area contributed by atoms with Crippen molar-refractivity contribution in [1.82, 2.24) is 20.6 Å². The molecule has 0 aliphatic heterocycles. The van der Waals surface area contributed by atoms with Crippen LogP contribution in [0.2, 0.25) is 0 Å². The predicted octanol–water partition coefficient (Wildman–Crippen LogP) is 4.79. The van der Waals surface area contributed by atoms with Crippen molar-refractivity contribution in [3.8, 4) is 11.3 Å². The van der Waals surface area contributed by atoms with Gasteiger partial charge in [-0.25, -0.2) is 4.79 Å². The molecule has 6 heteroatoms. The minimum Gasteiger partial charge on any atom is -0.332 e. The van der Waals surface area contributed by atoms with Gasteiger partial charge in [-0.1, -0.05) is 60.7 Å². The number of nitrogens with zero attached hydrogens (tertiary/aromatic N) is 2. The fourth-order valence-electron chi connectivity index (χ4n) is 3.13. The van der Waals surface area contributed by atoms with Gasteiger partial charge in [-0.3, -0.25) is 9.97 Å². The number of thiophene rings is 1. The van der Waals surface area contributed by atoms with Crippen molar-refractivity contribution in [2.24, 2.45) is 0 Å². The molecular formula is C23H20N4OS. The zero-order chi connectivity index (χ0) is 19.9. The molecule has 0 bridgehead atoms. The van der Waals surface area contributed by atoms with Crippen LogP contribution in [0.1, 0.15) is 22.9 Å². The summed E-state index contributed by atoms with van der Waals surface area (Å²) in [5.41, 5.74) is 4.57. The van der Waals surface area contributed by atoms with Gasteiger partial charge < -0.3 is 10.6 Å². The summed E-state index contributed by atoms with van der Waals surface area (Å²) < 4.78 is 0. The number of carbonyl (C=O) groups is 1. The van der Waals surface area contributed by atoms with Gasteiger partial charge in [0, 0.05) is 23.3 Å². The molecule has 4 rings (SSSR count). The van der Waals surface area contributed by atoms with Crippen LogP contribution in [-0.4, -0.2) is 16.0 Å². The standard InChI is InChI=1S/C23H20N4OS/c28-23(26-15-20-22(25-13-12-24-20)19-11-14-29-16-19)27-21(17-7-3-1-4-8-17)18-9-5-2-6-10-18/h1-14,16,21H,15H2,(H2,26,27,28). The maximum absolute atomic E-state index is 12.7. The van der Waals surface area contributed by atoms with E-state index in [0.29, 0.717) is 6.54 Å². The summed E-state index contributed by atoms with van der Waals surface area (Å²) in [5.74, 6) is 0. The first-order valence-corrected chi connectivity index (χ1v) is 10.2. The fraction of sp³-hybridized carbons (Fsp3) is 0.0870. The molecule has 144 valence electrons. The normalized spacial score (nSPS) is 10.7. The SMILES string of the molecule is O=C(NCc1nccnc1-c1ccsc1)NC(c1ccccc1)c1ccccc1. The number of hydrogen-bond donors (Lipinski definition) is 2. The zero-order valence-electron chi connectivity index (χ0n) is 15.7. The highest BCUT2D eigenvalue weighted by Crippen LogP contribution is 2.23. The van der Waals surface area contributed by atoms with Crippen LogP contribution in [0.4, 0.5) is 4.79 Å². The van der Waals surface area contributed by atoms with Gasteiger partial charge in [-0.05, 0) is 22.6 Å². The third-order valence-electron chi connectivity index (χ3n) is 4.53. The smallest absolute Gasteiger partial charge is 0.315 e. The maximum atomic E-state index is 12.7. The second kappa shape index (κ2) is 9.12. The molecule has 2 aromatic heterocycles. The second-order valence-electron chi connectivity index (χ2n) is 6.45.